The van der Waals surface area contributed by atoms with Gasteiger partial charge in [-0.2, -0.15) is 0 Å². The van der Waals surface area contributed by atoms with Gasteiger partial charge in [-0.25, -0.2) is 8.78 Å². The van der Waals surface area contributed by atoms with E-state index in [2.05, 4.69) is 30.8 Å². The summed E-state index contributed by atoms with van der Waals surface area (Å²) in [4.78, 5) is 0.283. The van der Waals surface area contributed by atoms with Gasteiger partial charge in [-0.05, 0) is 45.7 Å². The number of nitrogens with zero attached hydrogens (tertiary/aromatic N) is 2. The van der Waals surface area contributed by atoms with Crippen LogP contribution in [0, 0.1) is 0 Å². The van der Waals surface area contributed by atoms with Crippen molar-refractivity contribution in [1.29, 1.82) is 0 Å². The van der Waals surface area contributed by atoms with Crippen LogP contribution in [0.5, 0.6) is 0 Å². The Hall–Kier alpha value is -0.700. The summed E-state index contributed by atoms with van der Waals surface area (Å²) in [5.74, 6) is 0. The van der Waals surface area contributed by atoms with E-state index in [4.69, 9.17) is 23.8 Å². The van der Waals surface area contributed by atoms with E-state index in [0.717, 1.165) is 16.0 Å². The average Bonchev–Trinajstić information content (AvgIpc) is 2.83. The fourth-order valence-corrected chi connectivity index (χ4v) is 2.68. The second kappa shape index (κ2) is 6.17. The fraction of sp³-hybridized carbons (Fsp3) is 0.100. The zero-order valence-corrected chi connectivity index (χ0v) is 13.0. The molecule has 9 heteroatoms. The smallest absolute Gasteiger partial charge is 0.283 e. The summed E-state index contributed by atoms with van der Waals surface area (Å²) in [6, 6.07) is 5.05. The Morgan fingerprint density at radius 1 is 1.47 bits per heavy atom. The largest absolute Gasteiger partial charge is 0.344 e. The van der Waals surface area contributed by atoms with Crippen molar-refractivity contribution in [2.45, 2.75) is 6.43 Å². The van der Waals surface area contributed by atoms with Gasteiger partial charge in [0.05, 0.1) is 5.69 Å². The molecule has 1 aromatic carbocycles. The molecule has 0 fully saturated rings. The van der Waals surface area contributed by atoms with E-state index < -0.39 is 12.1 Å². The van der Waals surface area contributed by atoms with Crippen molar-refractivity contribution in [3.63, 3.8) is 0 Å². The normalized spacial score (nSPS) is 10.8. The van der Waals surface area contributed by atoms with Gasteiger partial charge in [0.1, 0.15) is 9.87 Å². The molecule has 2 aromatic rings. The first kappa shape index (κ1) is 14.7. The summed E-state index contributed by atoms with van der Waals surface area (Å²) >= 11 is 15.1. The molecule has 0 aliphatic rings. The molecule has 1 aromatic heterocycles. The summed E-state index contributed by atoms with van der Waals surface area (Å²) in [6.07, 6.45) is -2.71. The summed E-state index contributed by atoms with van der Waals surface area (Å²) in [5, 5.41) is 6.72. The average molecular weight is 385 g/mol. The highest BCUT2D eigenvalue weighted by Crippen LogP contribution is 2.28. The quantitative estimate of drug-likeness (QED) is 0.780. The standard InChI is InChI=1S/C10H5BrClF2N3S2/c11-5-2-1-4(12)3-6(5)15-10(18)8-7(9(13)14)16-17-19-8/h1-3,9H,(H,15,18). The highest BCUT2D eigenvalue weighted by atomic mass is 79.9. The molecule has 0 saturated heterocycles. The highest BCUT2D eigenvalue weighted by molar-refractivity contribution is 9.10. The van der Waals surface area contributed by atoms with Crippen molar-refractivity contribution in [2.24, 2.45) is 0 Å². The number of rotatable bonds is 3. The molecule has 3 nitrogen and oxygen atoms in total. The lowest BCUT2D eigenvalue weighted by Gasteiger charge is -2.09. The molecule has 0 atom stereocenters. The highest BCUT2D eigenvalue weighted by Gasteiger charge is 2.21. The van der Waals surface area contributed by atoms with Gasteiger partial charge < -0.3 is 5.32 Å². The molecular weight excluding hydrogens is 380 g/mol. The van der Waals surface area contributed by atoms with E-state index in [0.29, 0.717) is 10.7 Å². The maximum absolute atomic E-state index is 12.7. The zero-order chi connectivity index (χ0) is 14.0. The van der Waals surface area contributed by atoms with Crippen LogP contribution in [0.1, 0.15) is 17.0 Å². The van der Waals surface area contributed by atoms with Gasteiger partial charge in [-0.3, -0.25) is 0 Å². The van der Waals surface area contributed by atoms with Crippen LogP contribution >= 0.6 is 51.3 Å². The molecule has 0 amide bonds. The Bertz CT molecular complexity index is 621. The van der Waals surface area contributed by atoms with Gasteiger partial charge in [0.25, 0.3) is 6.43 Å². The molecular formula is C10H5BrClF2N3S2. The van der Waals surface area contributed by atoms with Crippen molar-refractivity contribution >= 4 is 62.0 Å². The first-order valence-corrected chi connectivity index (χ1v) is 7.21. The molecule has 0 aliphatic carbocycles. The van der Waals surface area contributed by atoms with Gasteiger partial charge in [-0.15, -0.1) is 5.10 Å². The van der Waals surface area contributed by atoms with Crippen LogP contribution in [0.15, 0.2) is 22.7 Å². The van der Waals surface area contributed by atoms with E-state index in [1.807, 2.05) is 0 Å². The van der Waals surface area contributed by atoms with Crippen LogP contribution in [0.3, 0.4) is 0 Å². The molecule has 0 spiro atoms. The minimum absolute atomic E-state index is 0.133. The Balaban J connectivity index is 2.26. The van der Waals surface area contributed by atoms with Crippen LogP contribution in [-0.2, 0) is 0 Å². The third-order valence-electron chi connectivity index (χ3n) is 2.10. The molecule has 2 rings (SSSR count). The van der Waals surface area contributed by atoms with Gasteiger partial charge in [0.15, 0.2) is 5.69 Å². The monoisotopic (exact) mass is 383 g/mol. The second-order valence-electron chi connectivity index (χ2n) is 3.37. The van der Waals surface area contributed by atoms with Crippen LogP contribution in [0.25, 0.3) is 0 Å². The van der Waals surface area contributed by atoms with Crippen molar-refractivity contribution in [2.75, 3.05) is 5.32 Å². The predicted molar refractivity (Wildman–Crippen MR) is 79.3 cm³/mol. The van der Waals surface area contributed by atoms with Crippen LogP contribution < -0.4 is 5.32 Å². The number of nitrogens with one attached hydrogen (secondary N) is 1. The van der Waals surface area contributed by atoms with Crippen molar-refractivity contribution in [3.8, 4) is 0 Å². The van der Waals surface area contributed by atoms with E-state index in [9.17, 15) is 8.78 Å². The Labute approximate surface area is 130 Å². The minimum atomic E-state index is -2.71. The fourth-order valence-electron chi connectivity index (χ4n) is 1.27. The van der Waals surface area contributed by atoms with E-state index in [1.54, 1.807) is 18.2 Å². The maximum atomic E-state index is 12.7. The molecule has 0 saturated carbocycles. The molecule has 0 aliphatic heterocycles. The number of halogens is 4. The summed E-state index contributed by atoms with van der Waals surface area (Å²) in [7, 11) is 0. The topological polar surface area (TPSA) is 37.8 Å². The number of alkyl halides is 2. The molecule has 0 radical (unpaired) electrons. The van der Waals surface area contributed by atoms with Gasteiger partial charge >= 0.3 is 0 Å². The lowest BCUT2D eigenvalue weighted by atomic mass is 10.3. The van der Waals surface area contributed by atoms with Gasteiger partial charge in [0.2, 0.25) is 0 Å². The zero-order valence-electron chi connectivity index (χ0n) is 9.03. The van der Waals surface area contributed by atoms with Crippen LogP contribution in [-0.4, -0.2) is 14.6 Å². The van der Waals surface area contributed by atoms with Crippen molar-refractivity contribution in [1.82, 2.24) is 9.59 Å². The van der Waals surface area contributed by atoms with Crippen molar-refractivity contribution in [3.05, 3.63) is 38.3 Å². The number of aromatic nitrogens is 2. The van der Waals surface area contributed by atoms with E-state index in [1.165, 1.54) is 0 Å². The van der Waals surface area contributed by atoms with Crippen LogP contribution in [0.2, 0.25) is 5.02 Å². The third kappa shape index (κ3) is 3.44. The Morgan fingerprint density at radius 3 is 2.89 bits per heavy atom. The number of hydrogen-bond acceptors (Lipinski definition) is 4. The number of anilines is 1. The lowest BCUT2D eigenvalue weighted by molar-refractivity contribution is 0.146. The van der Waals surface area contributed by atoms with E-state index >= 15 is 0 Å². The summed E-state index contributed by atoms with van der Waals surface area (Å²) in [5.41, 5.74) is 0.173. The second-order valence-corrected chi connectivity index (χ2v) is 5.82. The van der Waals surface area contributed by atoms with Gasteiger partial charge in [-0.1, -0.05) is 28.3 Å². The Kier molecular flexibility index (Phi) is 4.77. The summed E-state index contributed by atoms with van der Waals surface area (Å²) in [6.45, 7) is 0. The first-order valence-electron chi connectivity index (χ1n) is 4.86. The molecule has 100 valence electrons. The maximum Gasteiger partial charge on any atom is 0.283 e. The van der Waals surface area contributed by atoms with Crippen LogP contribution in [0.4, 0.5) is 14.5 Å². The Morgan fingerprint density at radius 2 is 2.21 bits per heavy atom. The van der Waals surface area contributed by atoms with E-state index in [-0.39, 0.29) is 9.87 Å². The third-order valence-corrected chi connectivity index (χ3v) is 4.22. The predicted octanol–water partition coefficient (Wildman–Crippen LogP) is 4.68. The number of benzene rings is 1. The van der Waals surface area contributed by atoms with Crippen molar-refractivity contribution < 1.29 is 8.78 Å². The lowest BCUT2D eigenvalue weighted by Crippen LogP contribution is -2.11. The molecule has 0 unspecified atom stereocenters. The molecule has 19 heavy (non-hydrogen) atoms. The van der Waals surface area contributed by atoms with Gasteiger partial charge in [0, 0.05) is 9.50 Å². The molecule has 1 N–H and O–H groups in total. The molecule has 0 bridgehead atoms. The number of hydrogen-bond donors (Lipinski definition) is 1. The molecule has 1 heterocycles. The number of thiocarbonyl (C=S) groups is 1. The summed E-state index contributed by atoms with van der Waals surface area (Å²) < 4.78 is 29.6. The first-order chi connectivity index (χ1) is 8.99. The minimum Gasteiger partial charge on any atom is -0.344 e. The SMILES string of the molecule is FC(F)c1nnsc1C(=S)Nc1cc(Cl)ccc1Br.